The third kappa shape index (κ3) is 3.23. The van der Waals surface area contributed by atoms with Crippen LogP contribution in [0.2, 0.25) is 0 Å². The monoisotopic (exact) mass is 279 g/mol. The predicted molar refractivity (Wildman–Crippen MR) is 74.8 cm³/mol. The number of hydroxylamine groups is 1. The number of carbonyl (C=O) groups excluding carboxylic acids is 1. The van der Waals surface area contributed by atoms with E-state index >= 15 is 0 Å². The normalized spacial score (nSPS) is 17.1. The van der Waals surface area contributed by atoms with Crippen LogP contribution in [0, 0.1) is 0 Å². The van der Waals surface area contributed by atoms with Gasteiger partial charge in [0, 0.05) is 44.1 Å². The first kappa shape index (κ1) is 14.7. The van der Waals surface area contributed by atoms with Gasteiger partial charge >= 0.3 is 0 Å². The molecule has 20 heavy (non-hydrogen) atoms. The van der Waals surface area contributed by atoms with Gasteiger partial charge < -0.3 is 4.90 Å². The molecule has 0 atom stereocenters. The molecule has 0 aromatic carbocycles. The van der Waals surface area contributed by atoms with Crippen molar-refractivity contribution in [3.63, 3.8) is 0 Å². The van der Waals surface area contributed by atoms with Gasteiger partial charge in [-0.2, -0.15) is 0 Å². The lowest BCUT2D eigenvalue weighted by Crippen LogP contribution is -2.53. The second-order valence-corrected chi connectivity index (χ2v) is 5.86. The van der Waals surface area contributed by atoms with Crippen molar-refractivity contribution < 1.29 is 10.0 Å². The van der Waals surface area contributed by atoms with Crippen LogP contribution in [0.3, 0.4) is 0 Å². The third-order valence-electron chi connectivity index (χ3n) is 3.51. The minimum atomic E-state index is -0.603. The molecule has 0 bridgehead atoms. The molecule has 1 aromatic rings. The van der Waals surface area contributed by atoms with Crippen molar-refractivity contribution in [1.29, 1.82) is 0 Å². The van der Waals surface area contributed by atoms with Gasteiger partial charge in [0.15, 0.2) is 0 Å². The Bertz CT molecular complexity index is 461. The van der Waals surface area contributed by atoms with Gasteiger partial charge in [-0.3, -0.25) is 14.9 Å². The van der Waals surface area contributed by atoms with Crippen LogP contribution >= 0.6 is 0 Å². The minimum Gasteiger partial charge on any atom is -0.338 e. The summed E-state index contributed by atoms with van der Waals surface area (Å²) in [6.07, 6.45) is 2.84. The lowest BCUT2D eigenvalue weighted by atomic mass is 10.1. The number of rotatable bonds is 2. The Morgan fingerprint density at radius 1 is 1.20 bits per heavy atom. The van der Waals surface area contributed by atoms with Crippen molar-refractivity contribution in [3.8, 4) is 0 Å². The molecular weight excluding hydrogens is 258 g/mol. The Morgan fingerprint density at radius 2 is 1.75 bits per heavy atom. The lowest BCUT2D eigenvalue weighted by molar-refractivity contribution is 0.0705. The van der Waals surface area contributed by atoms with Crippen molar-refractivity contribution in [3.05, 3.63) is 18.0 Å². The molecule has 1 aromatic heterocycles. The number of amides is 1. The molecule has 110 valence electrons. The number of hydrogen-bond acceptors (Lipinski definition) is 6. The van der Waals surface area contributed by atoms with Crippen LogP contribution in [0.25, 0.3) is 0 Å². The van der Waals surface area contributed by atoms with Gasteiger partial charge in [0.2, 0.25) is 5.95 Å². The smallest absolute Gasteiger partial charge is 0.277 e. The zero-order valence-corrected chi connectivity index (χ0v) is 12.1. The Balaban J connectivity index is 1.99. The topological polar surface area (TPSA) is 81.6 Å². The van der Waals surface area contributed by atoms with Gasteiger partial charge in [-0.05, 0) is 20.8 Å². The fraction of sp³-hybridized carbons (Fsp3) is 0.615. The second-order valence-electron chi connectivity index (χ2n) is 5.86. The van der Waals surface area contributed by atoms with Crippen LogP contribution in [-0.4, -0.2) is 57.7 Å². The van der Waals surface area contributed by atoms with E-state index in [1.54, 1.807) is 5.48 Å². The SMILES string of the molecule is CC(C)(C)N1CCN(c2ncc(C(=O)NO)cn2)CC1. The summed E-state index contributed by atoms with van der Waals surface area (Å²) >= 11 is 0. The average Bonchev–Trinajstić information content (AvgIpc) is 2.46. The molecule has 0 saturated carbocycles. The highest BCUT2D eigenvalue weighted by Crippen LogP contribution is 2.18. The molecule has 2 N–H and O–H groups in total. The van der Waals surface area contributed by atoms with Crippen LogP contribution in [0.1, 0.15) is 31.1 Å². The molecule has 0 radical (unpaired) electrons. The molecule has 1 amide bonds. The summed E-state index contributed by atoms with van der Waals surface area (Å²) in [6, 6.07) is 0. The highest BCUT2D eigenvalue weighted by molar-refractivity contribution is 5.92. The van der Waals surface area contributed by atoms with Crippen LogP contribution < -0.4 is 10.4 Å². The zero-order valence-electron chi connectivity index (χ0n) is 12.1. The maximum absolute atomic E-state index is 11.2. The van der Waals surface area contributed by atoms with E-state index in [0.29, 0.717) is 5.95 Å². The first-order valence-electron chi connectivity index (χ1n) is 6.68. The Kier molecular flexibility index (Phi) is 4.20. The van der Waals surface area contributed by atoms with E-state index in [4.69, 9.17) is 5.21 Å². The Hall–Kier alpha value is -1.73. The lowest BCUT2D eigenvalue weighted by Gasteiger charge is -2.42. The number of anilines is 1. The molecular formula is C13H21N5O2. The van der Waals surface area contributed by atoms with Gasteiger partial charge in [-0.15, -0.1) is 0 Å². The first-order chi connectivity index (χ1) is 9.41. The highest BCUT2D eigenvalue weighted by Gasteiger charge is 2.26. The predicted octanol–water partition coefficient (Wildman–Crippen LogP) is 0.516. The Labute approximate surface area is 118 Å². The van der Waals surface area contributed by atoms with Crippen molar-refractivity contribution in [2.75, 3.05) is 31.1 Å². The first-order valence-corrected chi connectivity index (χ1v) is 6.68. The fourth-order valence-corrected chi connectivity index (χ4v) is 2.24. The van der Waals surface area contributed by atoms with Gasteiger partial charge in [-0.1, -0.05) is 0 Å². The summed E-state index contributed by atoms with van der Waals surface area (Å²) in [5, 5.41) is 8.54. The molecule has 2 heterocycles. The molecule has 1 aliphatic rings. The van der Waals surface area contributed by atoms with Gasteiger partial charge in [-0.25, -0.2) is 15.4 Å². The van der Waals surface area contributed by atoms with E-state index in [2.05, 4.69) is 40.5 Å². The molecule has 2 rings (SSSR count). The highest BCUT2D eigenvalue weighted by atomic mass is 16.5. The minimum absolute atomic E-state index is 0.177. The van der Waals surface area contributed by atoms with Gasteiger partial charge in [0.25, 0.3) is 5.91 Å². The standard InChI is InChI=1S/C13H21N5O2/c1-13(2,3)18-6-4-17(5-7-18)12-14-8-10(9-15-12)11(19)16-20/h8-9,20H,4-7H2,1-3H3,(H,16,19). The van der Waals surface area contributed by atoms with Gasteiger partial charge in [0.05, 0.1) is 5.56 Å². The number of piperazine rings is 1. The van der Waals surface area contributed by atoms with Crippen molar-refractivity contribution in [2.24, 2.45) is 0 Å². The number of aromatic nitrogens is 2. The quantitative estimate of drug-likeness (QED) is 0.606. The van der Waals surface area contributed by atoms with Gasteiger partial charge in [0.1, 0.15) is 0 Å². The average molecular weight is 279 g/mol. The van der Waals surface area contributed by atoms with E-state index in [9.17, 15) is 4.79 Å². The van der Waals surface area contributed by atoms with Crippen LogP contribution in [0.4, 0.5) is 5.95 Å². The number of nitrogens with zero attached hydrogens (tertiary/aromatic N) is 4. The second kappa shape index (κ2) is 5.72. The van der Waals surface area contributed by atoms with Crippen LogP contribution in [0.15, 0.2) is 12.4 Å². The molecule has 7 heteroatoms. The molecule has 7 nitrogen and oxygen atoms in total. The summed E-state index contributed by atoms with van der Waals surface area (Å²) in [7, 11) is 0. The molecule has 1 fully saturated rings. The van der Waals surface area contributed by atoms with Crippen molar-refractivity contribution >= 4 is 11.9 Å². The molecule has 1 aliphatic heterocycles. The number of carbonyl (C=O) groups is 1. The van der Waals surface area contributed by atoms with Crippen molar-refractivity contribution in [1.82, 2.24) is 20.3 Å². The largest absolute Gasteiger partial charge is 0.338 e. The summed E-state index contributed by atoms with van der Waals surface area (Å²) in [6.45, 7) is 10.3. The Morgan fingerprint density at radius 3 is 2.20 bits per heavy atom. The molecule has 0 unspecified atom stereocenters. The van der Waals surface area contributed by atoms with Crippen molar-refractivity contribution in [2.45, 2.75) is 26.3 Å². The van der Waals surface area contributed by atoms with E-state index < -0.39 is 5.91 Å². The summed E-state index contributed by atoms with van der Waals surface area (Å²) in [5.74, 6) is 0.0159. The summed E-state index contributed by atoms with van der Waals surface area (Å²) < 4.78 is 0. The molecule has 0 aliphatic carbocycles. The summed E-state index contributed by atoms with van der Waals surface area (Å²) in [5.41, 5.74) is 1.98. The third-order valence-corrected chi connectivity index (χ3v) is 3.51. The van der Waals surface area contributed by atoms with E-state index in [-0.39, 0.29) is 11.1 Å². The summed E-state index contributed by atoms with van der Waals surface area (Å²) in [4.78, 5) is 24.1. The number of nitrogens with one attached hydrogen (secondary N) is 1. The maximum Gasteiger partial charge on any atom is 0.277 e. The molecule has 0 spiro atoms. The fourth-order valence-electron chi connectivity index (χ4n) is 2.24. The van der Waals surface area contributed by atoms with E-state index in [1.165, 1.54) is 12.4 Å². The number of hydrogen-bond donors (Lipinski definition) is 2. The van der Waals surface area contributed by atoms with Crippen LogP contribution in [-0.2, 0) is 0 Å². The van der Waals surface area contributed by atoms with E-state index in [1.807, 2.05) is 0 Å². The van der Waals surface area contributed by atoms with E-state index in [0.717, 1.165) is 26.2 Å². The zero-order chi connectivity index (χ0) is 14.8. The maximum atomic E-state index is 11.2. The molecule has 1 saturated heterocycles. The van der Waals surface area contributed by atoms with Crippen LogP contribution in [0.5, 0.6) is 0 Å².